The predicted molar refractivity (Wildman–Crippen MR) is 141 cm³/mol. The summed E-state index contributed by atoms with van der Waals surface area (Å²) in [6.07, 6.45) is 37.3. The van der Waals surface area contributed by atoms with Gasteiger partial charge in [-0.1, -0.05) is 159 Å². The highest BCUT2D eigenvalue weighted by atomic mass is 15.0. The molecule has 0 spiro atoms. The third kappa shape index (κ3) is 18.5. The van der Waals surface area contributed by atoms with E-state index in [1.807, 2.05) is 12.4 Å². The van der Waals surface area contributed by atoms with E-state index < -0.39 is 0 Å². The number of hydrogen-bond acceptors (Lipinski definition) is 2. The summed E-state index contributed by atoms with van der Waals surface area (Å²) in [5, 5.41) is 0. The first-order valence-corrected chi connectivity index (χ1v) is 14.3. The lowest BCUT2D eigenvalue weighted by Gasteiger charge is -2.17. The summed E-state index contributed by atoms with van der Waals surface area (Å²) in [6.45, 7) is 4.61. The maximum Gasteiger partial charge on any atom is 0.240 e. The van der Waals surface area contributed by atoms with Crippen LogP contribution in [-0.2, 0) is 0 Å². The second-order valence-electron chi connectivity index (χ2n) is 9.97. The average Bonchev–Trinajstić information content (AvgIpc) is 3.30. The van der Waals surface area contributed by atoms with Gasteiger partial charge in [0.2, 0.25) is 6.17 Å². The van der Waals surface area contributed by atoms with Crippen molar-refractivity contribution in [1.82, 2.24) is 0 Å². The minimum atomic E-state index is 0.963. The number of rotatable bonds is 24. The van der Waals surface area contributed by atoms with Gasteiger partial charge in [-0.05, 0) is 12.3 Å². The zero-order valence-corrected chi connectivity index (χ0v) is 21.4. The van der Waals surface area contributed by atoms with Crippen LogP contribution in [0.3, 0.4) is 0 Å². The van der Waals surface area contributed by atoms with Crippen LogP contribution in [0.1, 0.15) is 162 Å². The van der Waals surface area contributed by atoms with Crippen LogP contribution < -0.4 is 0 Å². The Morgan fingerprint density at radius 1 is 0.484 bits per heavy atom. The van der Waals surface area contributed by atoms with Crippen molar-refractivity contribution in [3.05, 3.63) is 6.17 Å². The lowest BCUT2D eigenvalue weighted by molar-refractivity contribution is 0.367. The Balaban J connectivity index is 2.08. The molecule has 0 saturated heterocycles. The molecule has 0 aliphatic carbocycles. The minimum absolute atomic E-state index is 0.963. The van der Waals surface area contributed by atoms with Crippen molar-refractivity contribution in [2.24, 2.45) is 15.9 Å². The molecule has 180 valence electrons. The Bertz CT molecular complexity index is 403. The zero-order valence-electron chi connectivity index (χ0n) is 21.4. The molecule has 1 atom stereocenters. The second-order valence-corrected chi connectivity index (χ2v) is 9.97. The van der Waals surface area contributed by atoms with Crippen LogP contribution in [0.4, 0.5) is 0 Å². The molecule has 0 saturated carbocycles. The van der Waals surface area contributed by atoms with E-state index in [2.05, 4.69) is 23.8 Å². The Hall–Kier alpha value is -0.790. The molecule has 0 fully saturated rings. The summed E-state index contributed by atoms with van der Waals surface area (Å²) in [5.74, 6) is 0.963. The number of hydrogen-bond donors (Lipinski definition) is 0. The van der Waals surface area contributed by atoms with Gasteiger partial charge in [-0.15, -0.1) is 0 Å². The van der Waals surface area contributed by atoms with Gasteiger partial charge in [0.05, 0.1) is 6.42 Å². The summed E-state index contributed by atoms with van der Waals surface area (Å²) in [6, 6.07) is 0. The van der Waals surface area contributed by atoms with E-state index in [1.54, 1.807) is 0 Å². The topological polar surface area (TPSA) is 24.7 Å². The standard InChI is InChI=1S/C29H55N2/c1-3-5-7-9-11-12-13-15-17-19-23-28(22-18-16-14-10-8-6-4-2)24-20-21-25-29-30-26-27-31-29/h26-28H,3-25H2,1-2H3/q+1. The molecule has 1 heterocycles. The van der Waals surface area contributed by atoms with Crippen LogP contribution in [0.15, 0.2) is 9.98 Å². The van der Waals surface area contributed by atoms with Crippen molar-refractivity contribution in [2.75, 3.05) is 0 Å². The first-order valence-electron chi connectivity index (χ1n) is 14.3. The van der Waals surface area contributed by atoms with E-state index in [4.69, 9.17) is 0 Å². The largest absolute Gasteiger partial charge is 0.240 e. The van der Waals surface area contributed by atoms with Crippen LogP contribution in [0.2, 0.25) is 0 Å². The molecule has 2 heteroatoms. The molecule has 0 bridgehead atoms. The molecule has 1 aliphatic rings. The fourth-order valence-corrected chi connectivity index (χ4v) is 4.86. The number of aliphatic imine (C=N–C) groups is 2. The van der Waals surface area contributed by atoms with Gasteiger partial charge in [0.25, 0.3) is 0 Å². The quantitative estimate of drug-likeness (QED) is 0.107. The highest BCUT2D eigenvalue weighted by Gasteiger charge is 2.15. The van der Waals surface area contributed by atoms with E-state index in [1.165, 1.54) is 141 Å². The van der Waals surface area contributed by atoms with Gasteiger partial charge in [0.15, 0.2) is 12.4 Å². The molecule has 31 heavy (non-hydrogen) atoms. The first-order chi connectivity index (χ1) is 15.4. The lowest BCUT2D eigenvalue weighted by atomic mass is 9.89. The maximum atomic E-state index is 4.32. The third-order valence-electron chi connectivity index (χ3n) is 6.96. The number of nitrogens with zero attached hydrogens (tertiary/aromatic N) is 2. The lowest BCUT2D eigenvalue weighted by Crippen LogP contribution is -2.02. The smallest absolute Gasteiger partial charge is 0.0968 e. The van der Waals surface area contributed by atoms with Crippen molar-refractivity contribution in [3.63, 3.8) is 0 Å². The summed E-state index contributed by atoms with van der Waals surface area (Å²) < 4.78 is 0. The zero-order chi connectivity index (χ0) is 22.2. The van der Waals surface area contributed by atoms with Gasteiger partial charge in [0, 0.05) is 0 Å². The van der Waals surface area contributed by atoms with E-state index in [-0.39, 0.29) is 0 Å². The van der Waals surface area contributed by atoms with Gasteiger partial charge in [-0.2, -0.15) is 0 Å². The van der Waals surface area contributed by atoms with Crippen LogP contribution in [0.25, 0.3) is 0 Å². The summed E-state index contributed by atoms with van der Waals surface area (Å²) >= 11 is 0. The molecule has 0 aromatic carbocycles. The normalized spacial score (nSPS) is 14.1. The summed E-state index contributed by atoms with van der Waals surface area (Å²) in [5.41, 5.74) is 0. The fourth-order valence-electron chi connectivity index (χ4n) is 4.86. The van der Waals surface area contributed by atoms with Crippen LogP contribution >= 0.6 is 0 Å². The number of unbranched alkanes of at least 4 members (excludes halogenated alkanes) is 16. The molecule has 0 aromatic heterocycles. The van der Waals surface area contributed by atoms with Crippen molar-refractivity contribution >= 4 is 12.4 Å². The third-order valence-corrected chi connectivity index (χ3v) is 6.96. The van der Waals surface area contributed by atoms with Gasteiger partial charge >= 0.3 is 0 Å². The van der Waals surface area contributed by atoms with Crippen molar-refractivity contribution in [2.45, 2.75) is 162 Å². The molecular formula is C29H55N2+. The first kappa shape index (κ1) is 28.2. The van der Waals surface area contributed by atoms with E-state index in [0.29, 0.717) is 0 Å². The van der Waals surface area contributed by atoms with Gasteiger partial charge in [0.1, 0.15) is 0 Å². The highest BCUT2D eigenvalue weighted by Crippen LogP contribution is 2.26. The monoisotopic (exact) mass is 431 g/mol. The molecule has 0 amide bonds. The van der Waals surface area contributed by atoms with Crippen molar-refractivity contribution < 1.29 is 0 Å². The molecule has 1 unspecified atom stereocenters. The van der Waals surface area contributed by atoms with Gasteiger partial charge in [-0.3, -0.25) is 0 Å². The summed E-state index contributed by atoms with van der Waals surface area (Å²) in [4.78, 5) is 8.64. The average molecular weight is 432 g/mol. The predicted octanol–water partition coefficient (Wildman–Crippen LogP) is 10.3. The van der Waals surface area contributed by atoms with Crippen molar-refractivity contribution in [1.29, 1.82) is 0 Å². The van der Waals surface area contributed by atoms with Crippen LogP contribution in [0, 0.1) is 12.1 Å². The Kier molecular flexibility index (Phi) is 20.4. The van der Waals surface area contributed by atoms with E-state index in [0.717, 1.165) is 18.5 Å². The molecule has 0 radical (unpaired) electrons. The molecule has 1 rings (SSSR count). The molecular weight excluding hydrogens is 376 g/mol. The Labute approximate surface area is 196 Å². The van der Waals surface area contributed by atoms with Crippen molar-refractivity contribution in [3.8, 4) is 0 Å². The molecule has 0 aromatic rings. The SMILES string of the molecule is CCCCCCCCCCCCC(CCCCCCCCC)CCCC[C+]1N=CC=N1. The van der Waals surface area contributed by atoms with Crippen LogP contribution in [0.5, 0.6) is 0 Å². The Morgan fingerprint density at radius 3 is 1.26 bits per heavy atom. The minimum Gasteiger partial charge on any atom is -0.0968 e. The summed E-state index contributed by atoms with van der Waals surface area (Å²) in [7, 11) is 0. The molecule has 2 nitrogen and oxygen atoms in total. The fraction of sp³-hybridized carbons (Fsp3) is 0.897. The second kappa shape index (κ2) is 22.4. The van der Waals surface area contributed by atoms with E-state index >= 15 is 0 Å². The molecule has 1 aliphatic heterocycles. The highest BCUT2D eigenvalue weighted by molar-refractivity contribution is 6.18. The molecule has 0 N–H and O–H groups in total. The maximum absolute atomic E-state index is 4.32. The Morgan fingerprint density at radius 2 is 0.839 bits per heavy atom. The van der Waals surface area contributed by atoms with Crippen LogP contribution in [-0.4, -0.2) is 12.4 Å². The van der Waals surface area contributed by atoms with Gasteiger partial charge < -0.3 is 0 Å². The van der Waals surface area contributed by atoms with E-state index in [9.17, 15) is 0 Å². The van der Waals surface area contributed by atoms with Gasteiger partial charge in [-0.25, -0.2) is 0 Å².